The van der Waals surface area contributed by atoms with Crippen LogP contribution in [0.2, 0.25) is 0 Å². The number of pyridine rings is 2. The van der Waals surface area contributed by atoms with E-state index < -0.39 is 5.63 Å². The van der Waals surface area contributed by atoms with Crippen molar-refractivity contribution in [2.75, 3.05) is 31.6 Å². The van der Waals surface area contributed by atoms with Crippen LogP contribution in [0.25, 0.3) is 28.0 Å². The quantitative estimate of drug-likeness (QED) is 0.525. The lowest BCUT2D eigenvalue weighted by molar-refractivity contribution is 0.233. The monoisotopic (exact) mass is 389 g/mol. The minimum absolute atomic E-state index is 0.363. The molecule has 0 radical (unpaired) electrons. The van der Waals surface area contributed by atoms with Crippen molar-refractivity contribution in [1.82, 2.24) is 19.3 Å². The van der Waals surface area contributed by atoms with Crippen molar-refractivity contribution in [3.63, 3.8) is 0 Å². The van der Waals surface area contributed by atoms with Crippen LogP contribution >= 0.6 is 0 Å². The highest BCUT2D eigenvalue weighted by atomic mass is 16.4. The molecule has 7 heteroatoms. The van der Waals surface area contributed by atoms with Crippen LogP contribution in [-0.2, 0) is 0 Å². The number of hydrogen-bond acceptors (Lipinski definition) is 6. The summed E-state index contributed by atoms with van der Waals surface area (Å²) in [5.41, 5.74) is 2.91. The summed E-state index contributed by atoms with van der Waals surface area (Å²) in [6.45, 7) is 7.02. The fraction of sp³-hybridized carbons (Fsp3) is 0.318. The fourth-order valence-electron chi connectivity index (χ4n) is 3.83. The lowest BCUT2D eigenvalue weighted by Gasteiger charge is -2.38. The van der Waals surface area contributed by atoms with Crippen LogP contribution in [-0.4, -0.2) is 52.0 Å². The predicted molar refractivity (Wildman–Crippen MR) is 114 cm³/mol. The van der Waals surface area contributed by atoms with E-state index in [1.165, 1.54) is 0 Å². The van der Waals surface area contributed by atoms with E-state index in [-0.39, 0.29) is 0 Å². The summed E-state index contributed by atoms with van der Waals surface area (Å²) >= 11 is 0. The Kier molecular flexibility index (Phi) is 4.13. The van der Waals surface area contributed by atoms with E-state index in [0.717, 1.165) is 42.0 Å². The number of anilines is 1. The summed E-state index contributed by atoms with van der Waals surface area (Å²) in [5.74, 6) is 0.844. The Labute approximate surface area is 168 Å². The summed E-state index contributed by atoms with van der Waals surface area (Å²) in [6.07, 6.45) is 3.84. The molecule has 5 heterocycles. The maximum Gasteiger partial charge on any atom is 0.347 e. The van der Waals surface area contributed by atoms with Gasteiger partial charge in [-0.25, -0.2) is 9.78 Å². The average Bonchev–Trinajstić information content (AvgIpc) is 3.12. The van der Waals surface area contributed by atoms with Crippen LogP contribution < -0.4 is 10.5 Å². The average molecular weight is 389 g/mol. The summed E-state index contributed by atoms with van der Waals surface area (Å²) < 4.78 is 7.51. The summed E-state index contributed by atoms with van der Waals surface area (Å²) in [4.78, 5) is 26.4. The van der Waals surface area contributed by atoms with E-state index in [4.69, 9.17) is 4.42 Å². The zero-order valence-electron chi connectivity index (χ0n) is 16.8. The number of rotatable bonds is 2. The minimum atomic E-state index is -0.422. The van der Waals surface area contributed by atoms with Crippen LogP contribution in [0.15, 0.2) is 51.9 Å². The van der Waals surface area contributed by atoms with Gasteiger partial charge < -0.3 is 18.6 Å². The second-order valence-corrected chi connectivity index (χ2v) is 7.89. The molecule has 1 fully saturated rings. The van der Waals surface area contributed by atoms with Gasteiger partial charge in [0.1, 0.15) is 11.5 Å². The number of imidazole rings is 1. The van der Waals surface area contributed by atoms with E-state index >= 15 is 0 Å². The summed E-state index contributed by atoms with van der Waals surface area (Å²) in [5, 5.41) is 0.791. The Balaban J connectivity index is 1.53. The first-order valence-electron chi connectivity index (χ1n) is 9.84. The van der Waals surface area contributed by atoms with Crippen molar-refractivity contribution >= 4 is 22.6 Å². The van der Waals surface area contributed by atoms with E-state index in [1.807, 2.05) is 54.0 Å². The molecule has 0 N–H and O–H groups in total. The predicted octanol–water partition coefficient (Wildman–Crippen LogP) is 2.95. The maximum absolute atomic E-state index is 12.7. The Morgan fingerprint density at radius 1 is 1.10 bits per heavy atom. The molecule has 0 saturated carbocycles. The third kappa shape index (κ3) is 3.17. The molecule has 7 nitrogen and oxygen atoms in total. The molecule has 148 valence electrons. The van der Waals surface area contributed by atoms with Gasteiger partial charge in [-0.05, 0) is 50.7 Å². The number of aromatic nitrogens is 3. The van der Waals surface area contributed by atoms with E-state index in [1.54, 1.807) is 0 Å². The van der Waals surface area contributed by atoms with E-state index in [2.05, 4.69) is 33.7 Å². The van der Waals surface area contributed by atoms with Crippen molar-refractivity contribution in [3.8, 4) is 11.3 Å². The Hall–Kier alpha value is -3.19. The molecule has 1 aliphatic rings. The molecule has 1 atom stereocenters. The smallest absolute Gasteiger partial charge is 0.347 e. The van der Waals surface area contributed by atoms with Crippen LogP contribution in [0.4, 0.5) is 5.82 Å². The number of likely N-dealkylation sites (N-methyl/N-ethyl adjacent to an activating group) is 1. The number of nitrogens with zero attached hydrogens (tertiary/aromatic N) is 5. The van der Waals surface area contributed by atoms with Gasteiger partial charge in [0.05, 0.1) is 11.3 Å². The van der Waals surface area contributed by atoms with Gasteiger partial charge in [0.2, 0.25) is 5.71 Å². The van der Waals surface area contributed by atoms with Crippen molar-refractivity contribution < 1.29 is 4.42 Å². The van der Waals surface area contributed by atoms with Gasteiger partial charge in [-0.15, -0.1) is 0 Å². The third-order valence-electron chi connectivity index (χ3n) is 5.74. The second-order valence-electron chi connectivity index (χ2n) is 7.89. The van der Waals surface area contributed by atoms with Gasteiger partial charge in [-0.3, -0.25) is 0 Å². The molecule has 0 amide bonds. The molecule has 1 saturated heterocycles. The van der Waals surface area contributed by atoms with Crippen LogP contribution in [0.3, 0.4) is 0 Å². The molecule has 5 rings (SSSR count). The summed E-state index contributed by atoms with van der Waals surface area (Å²) in [6, 6.07) is 10.2. The van der Waals surface area contributed by atoms with E-state index in [9.17, 15) is 4.79 Å². The largest absolute Gasteiger partial charge is 0.403 e. The number of fused-ring (bicyclic) bond motifs is 2. The highest BCUT2D eigenvalue weighted by Crippen LogP contribution is 2.24. The zero-order chi connectivity index (χ0) is 20.1. The molecule has 4 aromatic heterocycles. The molecular formula is C22H23N5O2. The lowest BCUT2D eigenvalue weighted by atomic mass is 10.1. The molecule has 0 aliphatic carbocycles. The molecule has 0 bridgehead atoms. The molecule has 4 aromatic rings. The third-order valence-corrected chi connectivity index (χ3v) is 5.74. The molecule has 1 aliphatic heterocycles. The van der Waals surface area contributed by atoms with Gasteiger partial charge in [-0.2, -0.15) is 4.98 Å². The number of piperazine rings is 1. The standard InChI is InChI=1S/C22H23N5O2/c1-14-4-6-19-23-18(13-27(19)11-14)17-10-16-5-7-20(24-21(16)29-22(17)28)26-9-8-25(3)15(2)12-26/h4-7,10-11,13,15H,8-9,12H2,1-3H3/t15-/m0/s1. The fourth-order valence-corrected chi connectivity index (χ4v) is 3.83. The van der Waals surface area contributed by atoms with Gasteiger partial charge in [0, 0.05) is 43.5 Å². The lowest BCUT2D eigenvalue weighted by Crippen LogP contribution is -2.50. The molecular weight excluding hydrogens is 366 g/mol. The highest BCUT2D eigenvalue weighted by molar-refractivity contribution is 5.80. The van der Waals surface area contributed by atoms with Crippen LogP contribution in [0.1, 0.15) is 12.5 Å². The zero-order valence-corrected chi connectivity index (χ0v) is 16.8. The first-order chi connectivity index (χ1) is 14.0. The Morgan fingerprint density at radius 3 is 2.79 bits per heavy atom. The normalized spacial score (nSPS) is 18.0. The van der Waals surface area contributed by atoms with Gasteiger partial charge >= 0.3 is 5.63 Å². The van der Waals surface area contributed by atoms with E-state index in [0.29, 0.717) is 23.0 Å². The summed E-state index contributed by atoms with van der Waals surface area (Å²) in [7, 11) is 2.14. The molecule has 0 spiro atoms. The van der Waals surface area contributed by atoms with Crippen LogP contribution in [0, 0.1) is 6.92 Å². The Morgan fingerprint density at radius 2 is 1.97 bits per heavy atom. The number of hydrogen-bond donors (Lipinski definition) is 0. The SMILES string of the molecule is Cc1ccc2nc(-c3cc4ccc(N5CCN(C)[C@@H](C)C5)nc4oc3=O)cn2c1. The topological polar surface area (TPSA) is 66.9 Å². The van der Waals surface area contributed by atoms with Crippen molar-refractivity contribution in [1.29, 1.82) is 0 Å². The number of aryl methyl sites for hydroxylation is 1. The van der Waals surface area contributed by atoms with Crippen molar-refractivity contribution in [3.05, 3.63) is 58.7 Å². The first kappa shape index (κ1) is 17.9. The van der Waals surface area contributed by atoms with Gasteiger partial charge in [0.25, 0.3) is 0 Å². The first-order valence-corrected chi connectivity index (χ1v) is 9.84. The van der Waals surface area contributed by atoms with Gasteiger partial charge in [-0.1, -0.05) is 6.07 Å². The molecule has 0 aromatic carbocycles. The highest BCUT2D eigenvalue weighted by Gasteiger charge is 2.22. The molecule has 29 heavy (non-hydrogen) atoms. The van der Waals surface area contributed by atoms with Gasteiger partial charge in [0.15, 0.2) is 0 Å². The second kappa shape index (κ2) is 6.70. The maximum atomic E-state index is 12.7. The van der Waals surface area contributed by atoms with Crippen molar-refractivity contribution in [2.24, 2.45) is 0 Å². The molecule has 0 unspecified atom stereocenters. The Bertz CT molecular complexity index is 1280. The van der Waals surface area contributed by atoms with Crippen molar-refractivity contribution in [2.45, 2.75) is 19.9 Å². The van der Waals surface area contributed by atoms with Crippen LogP contribution in [0.5, 0.6) is 0 Å². The minimum Gasteiger partial charge on any atom is -0.403 e.